The Labute approximate surface area is 119 Å². The maximum Gasteiger partial charge on any atom is 0.131 e. The lowest BCUT2D eigenvalue weighted by atomic mass is 10.0. The first kappa shape index (κ1) is 14.7. The molecule has 108 valence electrons. The monoisotopic (exact) mass is 275 g/mol. The molecule has 0 aliphatic heterocycles. The van der Waals surface area contributed by atoms with Crippen molar-refractivity contribution in [3.8, 4) is 11.1 Å². The fourth-order valence-corrected chi connectivity index (χ4v) is 2.36. The van der Waals surface area contributed by atoms with E-state index in [1.165, 1.54) is 0 Å². The number of rotatable bonds is 4. The van der Waals surface area contributed by atoms with E-state index < -0.39 is 0 Å². The van der Waals surface area contributed by atoms with Crippen LogP contribution < -0.4 is 5.32 Å². The van der Waals surface area contributed by atoms with Gasteiger partial charge in [-0.05, 0) is 25.5 Å². The molecule has 1 N–H and O–H groups in total. The second kappa shape index (κ2) is 5.75. The minimum Gasteiger partial charge on any atom is -0.310 e. The molecule has 0 atom stereocenters. The molecule has 3 nitrogen and oxygen atoms in total. The molecule has 2 aromatic rings. The van der Waals surface area contributed by atoms with Crippen LogP contribution in [0.1, 0.15) is 30.8 Å². The van der Waals surface area contributed by atoms with Crippen molar-refractivity contribution >= 4 is 0 Å². The molecule has 0 amide bonds. The number of benzene rings is 1. The van der Waals surface area contributed by atoms with E-state index in [2.05, 4.69) is 24.3 Å². The van der Waals surface area contributed by atoms with Crippen LogP contribution in [0.5, 0.6) is 0 Å². The van der Waals surface area contributed by atoms with E-state index in [1.807, 2.05) is 33.0 Å². The zero-order chi connectivity index (χ0) is 14.9. The second-order valence-corrected chi connectivity index (χ2v) is 5.52. The third kappa shape index (κ3) is 2.90. The molecule has 0 aliphatic carbocycles. The Morgan fingerprint density at radius 1 is 1.30 bits per heavy atom. The number of aromatic nitrogens is 2. The topological polar surface area (TPSA) is 29.9 Å². The van der Waals surface area contributed by atoms with Crippen LogP contribution in [-0.4, -0.2) is 15.8 Å². The summed E-state index contributed by atoms with van der Waals surface area (Å²) in [4.78, 5) is 0. The molecule has 4 heteroatoms. The highest BCUT2D eigenvalue weighted by Gasteiger charge is 2.15. The van der Waals surface area contributed by atoms with E-state index >= 15 is 0 Å². The highest BCUT2D eigenvalue weighted by molar-refractivity contribution is 5.69. The van der Waals surface area contributed by atoms with E-state index in [-0.39, 0.29) is 5.82 Å². The smallest absolute Gasteiger partial charge is 0.131 e. The average Bonchev–Trinajstić information content (AvgIpc) is 2.62. The summed E-state index contributed by atoms with van der Waals surface area (Å²) in [6.07, 6.45) is 0. The van der Waals surface area contributed by atoms with Crippen molar-refractivity contribution in [3.05, 3.63) is 41.0 Å². The van der Waals surface area contributed by atoms with Gasteiger partial charge in [-0.15, -0.1) is 0 Å². The Balaban J connectivity index is 2.34. The van der Waals surface area contributed by atoms with Crippen LogP contribution in [0.15, 0.2) is 18.2 Å². The molecule has 1 aromatic heterocycles. The number of nitrogens with zero attached hydrogens (tertiary/aromatic N) is 2. The molecule has 1 aromatic carbocycles. The van der Waals surface area contributed by atoms with Crippen LogP contribution in [0.2, 0.25) is 0 Å². The zero-order valence-corrected chi connectivity index (χ0v) is 12.8. The van der Waals surface area contributed by atoms with Gasteiger partial charge in [0.05, 0.1) is 5.69 Å². The van der Waals surface area contributed by atoms with Crippen molar-refractivity contribution in [1.29, 1.82) is 0 Å². The van der Waals surface area contributed by atoms with Gasteiger partial charge in [0.15, 0.2) is 0 Å². The first-order chi connectivity index (χ1) is 9.40. The Morgan fingerprint density at radius 3 is 2.50 bits per heavy atom. The van der Waals surface area contributed by atoms with Gasteiger partial charge in [0.25, 0.3) is 0 Å². The summed E-state index contributed by atoms with van der Waals surface area (Å²) in [5.41, 5.74) is 4.32. The molecular formula is C16H22FN3. The van der Waals surface area contributed by atoms with E-state index in [4.69, 9.17) is 0 Å². The minimum atomic E-state index is -0.188. The SMILES string of the molecule is Cc1nn(C)c(C)c1-c1ccc(CNC(C)C)cc1F. The molecule has 0 bridgehead atoms. The maximum atomic E-state index is 14.4. The van der Waals surface area contributed by atoms with E-state index in [0.717, 1.165) is 22.5 Å². The van der Waals surface area contributed by atoms with E-state index in [9.17, 15) is 4.39 Å². The van der Waals surface area contributed by atoms with Crippen LogP contribution in [0.4, 0.5) is 4.39 Å². The molecule has 0 saturated carbocycles. The van der Waals surface area contributed by atoms with Crippen LogP contribution in [0.3, 0.4) is 0 Å². The quantitative estimate of drug-likeness (QED) is 0.927. The first-order valence-corrected chi connectivity index (χ1v) is 6.92. The summed E-state index contributed by atoms with van der Waals surface area (Å²) in [7, 11) is 1.88. The molecule has 20 heavy (non-hydrogen) atoms. The van der Waals surface area contributed by atoms with Crippen molar-refractivity contribution in [2.24, 2.45) is 7.05 Å². The zero-order valence-electron chi connectivity index (χ0n) is 12.8. The van der Waals surface area contributed by atoms with Gasteiger partial charge < -0.3 is 5.32 Å². The second-order valence-electron chi connectivity index (χ2n) is 5.52. The lowest BCUT2D eigenvalue weighted by molar-refractivity contribution is 0.582. The predicted octanol–water partition coefficient (Wildman–Crippen LogP) is 3.34. The number of hydrogen-bond acceptors (Lipinski definition) is 2. The standard InChI is InChI=1S/C16H22FN3/c1-10(2)18-9-13-6-7-14(15(17)8-13)16-11(3)19-20(5)12(16)4/h6-8,10,18H,9H2,1-5H3. The normalized spacial score (nSPS) is 11.3. The fourth-order valence-electron chi connectivity index (χ4n) is 2.36. The fraction of sp³-hybridized carbons (Fsp3) is 0.438. The largest absolute Gasteiger partial charge is 0.310 e. The average molecular weight is 275 g/mol. The number of hydrogen-bond donors (Lipinski definition) is 1. The first-order valence-electron chi connectivity index (χ1n) is 6.92. The van der Waals surface area contributed by atoms with Gasteiger partial charge in [-0.25, -0.2) is 4.39 Å². The van der Waals surface area contributed by atoms with Crippen LogP contribution in [0.25, 0.3) is 11.1 Å². The van der Waals surface area contributed by atoms with Crippen LogP contribution in [0, 0.1) is 19.7 Å². The van der Waals surface area contributed by atoms with Gasteiger partial charge in [0.1, 0.15) is 5.82 Å². The molecule has 2 rings (SSSR count). The van der Waals surface area contributed by atoms with Crippen molar-refractivity contribution in [2.45, 2.75) is 40.3 Å². The van der Waals surface area contributed by atoms with Gasteiger partial charge in [0.2, 0.25) is 0 Å². The Kier molecular flexibility index (Phi) is 4.23. The van der Waals surface area contributed by atoms with E-state index in [1.54, 1.807) is 10.7 Å². The summed E-state index contributed by atoms with van der Waals surface area (Å²) in [5, 5.41) is 7.64. The van der Waals surface area contributed by atoms with Crippen molar-refractivity contribution in [2.75, 3.05) is 0 Å². The molecule has 0 saturated heterocycles. The summed E-state index contributed by atoms with van der Waals surface area (Å²) in [5.74, 6) is -0.188. The van der Waals surface area contributed by atoms with Gasteiger partial charge in [-0.3, -0.25) is 4.68 Å². The summed E-state index contributed by atoms with van der Waals surface area (Å²) >= 11 is 0. The van der Waals surface area contributed by atoms with E-state index in [0.29, 0.717) is 18.2 Å². The van der Waals surface area contributed by atoms with Crippen molar-refractivity contribution < 1.29 is 4.39 Å². The maximum absolute atomic E-state index is 14.4. The van der Waals surface area contributed by atoms with Gasteiger partial charge in [-0.2, -0.15) is 5.10 Å². The molecule has 0 aliphatic rings. The molecule has 0 radical (unpaired) electrons. The van der Waals surface area contributed by atoms with Crippen molar-refractivity contribution in [3.63, 3.8) is 0 Å². The highest BCUT2D eigenvalue weighted by Crippen LogP contribution is 2.29. The van der Waals surface area contributed by atoms with Gasteiger partial charge >= 0.3 is 0 Å². The molecule has 0 fully saturated rings. The lowest BCUT2D eigenvalue weighted by Crippen LogP contribution is -2.21. The third-order valence-electron chi connectivity index (χ3n) is 3.53. The van der Waals surface area contributed by atoms with Gasteiger partial charge in [0, 0.05) is 36.5 Å². The predicted molar refractivity (Wildman–Crippen MR) is 80.1 cm³/mol. The highest BCUT2D eigenvalue weighted by atomic mass is 19.1. The number of halogens is 1. The summed E-state index contributed by atoms with van der Waals surface area (Å²) in [6, 6.07) is 5.82. The molecule has 0 unspecified atom stereocenters. The van der Waals surface area contributed by atoms with Gasteiger partial charge in [-0.1, -0.05) is 26.0 Å². The third-order valence-corrected chi connectivity index (χ3v) is 3.53. The molecular weight excluding hydrogens is 253 g/mol. The van der Waals surface area contributed by atoms with Crippen molar-refractivity contribution in [1.82, 2.24) is 15.1 Å². The Bertz CT molecular complexity index is 614. The summed E-state index contributed by atoms with van der Waals surface area (Å²) < 4.78 is 16.2. The lowest BCUT2D eigenvalue weighted by Gasteiger charge is -2.10. The Morgan fingerprint density at radius 2 is 2.00 bits per heavy atom. The number of aryl methyl sites for hydroxylation is 2. The molecule has 0 spiro atoms. The molecule has 1 heterocycles. The summed E-state index contributed by atoms with van der Waals surface area (Å²) in [6.45, 7) is 8.71. The number of nitrogens with one attached hydrogen (secondary N) is 1. The minimum absolute atomic E-state index is 0.188. The Hall–Kier alpha value is -1.68. The van der Waals surface area contributed by atoms with Crippen LogP contribution >= 0.6 is 0 Å². The van der Waals surface area contributed by atoms with Crippen LogP contribution in [-0.2, 0) is 13.6 Å².